The third-order valence-electron chi connectivity index (χ3n) is 5.73. The molecule has 0 aromatic heterocycles. The lowest BCUT2D eigenvalue weighted by atomic mass is 9.68. The van der Waals surface area contributed by atoms with Gasteiger partial charge in [0, 0.05) is 28.3 Å². The smallest absolute Gasteiger partial charge is 0.270 e. The molecule has 0 spiro atoms. The molecule has 3 atom stereocenters. The Hall–Kier alpha value is -1.10. The number of anilines is 1. The summed E-state index contributed by atoms with van der Waals surface area (Å²) in [4.78, 5) is 10.5. The number of non-ortho nitro benzene ring substituents is 1. The first-order valence-corrected chi connectivity index (χ1v) is 8.24. The molecule has 1 aromatic rings. The maximum atomic E-state index is 10.8. The van der Waals surface area contributed by atoms with Gasteiger partial charge in [0.25, 0.3) is 5.69 Å². The molecule has 1 N–H and O–H groups in total. The van der Waals surface area contributed by atoms with Gasteiger partial charge in [0.15, 0.2) is 0 Å². The average Bonchev–Trinajstić information content (AvgIpc) is 2.87. The van der Waals surface area contributed by atoms with Crippen molar-refractivity contribution in [1.82, 2.24) is 0 Å². The summed E-state index contributed by atoms with van der Waals surface area (Å²) in [6.07, 6.45) is 3.87. The van der Waals surface area contributed by atoms with Gasteiger partial charge in [-0.25, -0.2) is 0 Å². The zero-order valence-electron chi connectivity index (χ0n) is 12.6. The van der Waals surface area contributed by atoms with Crippen molar-refractivity contribution >= 4 is 27.3 Å². The maximum absolute atomic E-state index is 10.8. The summed E-state index contributed by atoms with van der Waals surface area (Å²) in [6, 6.07) is 5.36. The van der Waals surface area contributed by atoms with E-state index in [0.717, 1.165) is 16.1 Å². The van der Waals surface area contributed by atoms with Crippen molar-refractivity contribution in [3.63, 3.8) is 0 Å². The van der Waals surface area contributed by atoms with Gasteiger partial charge < -0.3 is 5.32 Å². The lowest BCUT2D eigenvalue weighted by molar-refractivity contribution is -0.384. The standard InChI is InChI=1S/C16H21BrN2O2/c1-15(2)10-6-7-16(3,9-10)14(15)18-13-5-4-11(19(20)21)8-12(13)17/h4-5,8,10,14,18H,6-7,9H2,1-3H3/t10-,14?,16+/m0/s1. The van der Waals surface area contributed by atoms with Gasteiger partial charge in [-0.3, -0.25) is 10.1 Å². The number of nitro groups is 1. The Morgan fingerprint density at radius 3 is 2.62 bits per heavy atom. The summed E-state index contributed by atoms with van der Waals surface area (Å²) < 4.78 is 0.763. The van der Waals surface area contributed by atoms with E-state index in [1.54, 1.807) is 12.1 Å². The minimum atomic E-state index is -0.364. The van der Waals surface area contributed by atoms with Crippen LogP contribution in [0.3, 0.4) is 0 Å². The molecule has 21 heavy (non-hydrogen) atoms. The highest BCUT2D eigenvalue weighted by atomic mass is 79.9. The quantitative estimate of drug-likeness (QED) is 0.616. The van der Waals surface area contributed by atoms with Gasteiger partial charge in [-0.15, -0.1) is 0 Å². The minimum Gasteiger partial charge on any atom is -0.380 e. The highest BCUT2D eigenvalue weighted by molar-refractivity contribution is 9.10. The zero-order valence-corrected chi connectivity index (χ0v) is 14.2. The van der Waals surface area contributed by atoms with Crippen LogP contribution in [0.2, 0.25) is 0 Å². The molecule has 2 fully saturated rings. The van der Waals surface area contributed by atoms with Crippen LogP contribution in [-0.4, -0.2) is 11.0 Å². The van der Waals surface area contributed by atoms with Crippen LogP contribution in [0, 0.1) is 26.9 Å². The van der Waals surface area contributed by atoms with Gasteiger partial charge in [0.1, 0.15) is 0 Å². The van der Waals surface area contributed by atoms with E-state index in [9.17, 15) is 10.1 Å². The molecule has 2 aliphatic rings. The van der Waals surface area contributed by atoms with Gasteiger partial charge in [-0.1, -0.05) is 20.8 Å². The van der Waals surface area contributed by atoms with Crippen molar-refractivity contribution in [3.8, 4) is 0 Å². The molecular formula is C16H21BrN2O2. The summed E-state index contributed by atoms with van der Waals surface area (Å²) in [6.45, 7) is 7.07. The third-order valence-corrected chi connectivity index (χ3v) is 6.39. The van der Waals surface area contributed by atoms with E-state index in [-0.39, 0.29) is 16.0 Å². The summed E-state index contributed by atoms with van der Waals surface area (Å²) in [5.41, 5.74) is 1.65. The van der Waals surface area contributed by atoms with Crippen molar-refractivity contribution in [2.75, 3.05) is 5.32 Å². The number of benzene rings is 1. The van der Waals surface area contributed by atoms with Crippen molar-refractivity contribution in [1.29, 1.82) is 0 Å². The molecule has 0 radical (unpaired) electrons. The molecule has 1 unspecified atom stereocenters. The van der Waals surface area contributed by atoms with E-state index in [1.165, 1.54) is 19.3 Å². The van der Waals surface area contributed by atoms with E-state index < -0.39 is 0 Å². The number of hydrogen-bond acceptors (Lipinski definition) is 3. The van der Waals surface area contributed by atoms with Crippen molar-refractivity contribution in [2.24, 2.45) is 16.7 Å². The van der Waals surface area contributed by atoms with Crippen LogP contribution < -0.4 is 5.32 Å². The van der Waals surface area contributed by atoms with Crippen molar-refractivity contribution in [2.45, 2.75) is 46.1 Å². The monoisotopic (exact) mass is 352 g/mol. The first-order valence-electron chi connectivity index (χ1n) is 7.44. The van der Waals surface area contributed by atoms with Crippen molar-refractivity contribution in [3.05, 3.63) is 32.8 Å². The molecule has 0 heterocycles. The molecule has 0 saturated heterocycles. The highest BCUT2D eigenvalue weighted by Gasteiger charge is 2.59. The second-order valence-electron chi connectivity index (χ2n) is 7.41. The molecular weight excluding hydrogens is 332 g/mol. The van der Waals surface area contributed by atoms with Crippen LogP contribution in [0.5, 0.6) is 0 Å². The number of rotatable bonds is 3. The largest absolute Gasteiger partial charge is 0.380 e. The second-order valence-corrected chi connectivity index (χ2v) is 8.27. The predicted molar refractivity (Wildman–Crippen MR) is 87.4 cm³/mol. The van der Waals surface area contributed by atoms with Crippen LogP contribution in [0.15, 0.2) is 22.7 Å². The van der Waals surface area contributed by atoms with Gasteiger partial charge in [0.05, 0.1) is 4.92 Å². The highest BCUT2D eigenvalue weighted by Crippen LogP contribution is 2.63. The molecule has 2 saturated carbocycles. The molecule has 1 aromatic carbocycles. The van der Waals surface area contributed by atoms with Gasteiger partial charge in [-0.05, 0) is 58.0 Å². The summed E-state index contributed by atoms with van der Waals surface area (Å²) >= 11 is 3.46. The Labute approximate surface area is 133 Å². The van der Waals surface area contributed by atoms with Crippen LogP contribution in [-0.2, 0) is 0 Å². The van der Waals surface area contributed by atoms with E-state index in [0.29, 0.717) is 11.5 Å². The summed E-state index contributed by atoms with van der Waals surface area (Å²) in [7, 11) is 0. The number of halogens is 1. The molecule has 5 heteroatoms. The first-order chi connectivity index (χ1) is 9.74. The number of fused-ring (bicyclic) bond motifs is 2. The second kappa shape index (κ2) is 4.70. The maximum Gasteiger partial charge on any atom is 0.270 e. The van der Waals surface area contributed by atoms with Crippen LogP contribution in [0.25, 0.3) is 0 Å². The zero-order chi connectivity index (χ0) is 15.4. The summed E-state index contributed by atoms with van der Waals surface area (Å²) in [5, 5.41) is 14.5. The Balaban J connectivity index is 1.88. The van der Waals surface area contributed by atoms with E-state index >= 15 is 0 Å². The van der Waals surface area contributed by atoms with Gasteiger partial charge >= 0.3 is 0 Å². The minimum absolute atomic E-state index is 0.117. The van der Waals surface area contributed by atoms with Gasteiger partial charge in [-0.2, -0.15) is 0 Å². The van der Waals surface area contributed by atoms with Crippen LogP contribution in [0.1, 0.15) is 40.0 Å². The van der Waals surface area contributed by atoms with E-state index in [2.05, 4.69) is 42.0 Å². The molecule has 3 rings (SSSR count). The van der Waals surface area contributed by atoms with E-state index in [1.807, 2.05) is 6.07 Å². The fourth-order valence-electron chi connectivity index (χ4n) is 4.55. The average molecular weight is 353 g/mol. The predicted octanol–water partition coefficient (Wildman–Crippen LogP) is 4.98. The Morgan fingerprint density at radius 2 is 2.10 bits per heavy atom. The van der Waals surface area contributed by atoms with Crippen molar-refractivity contribution < 1.29 is 4.92 Å². The molecule has 0 aliphatic heterocycles. The Morgan fingerprint density at radius 1 is 1.38 bits per heavy atom. The normalized spacial score (nSPS) is 33.1. The topological polar surface area (TPSA) is 55.2 Å². The summed E-state index contributed by atoms with van der Waals surface area (Å²) in [5.74, 6) is 0.775. The molecule has 114 valence electrons. The third kappa shape index (κ3) is 2.26. The molecule has 2 aliphatic carbocycles. The van der Waals surface area contributed by atoms with Crippen LogP contribution >= 0.6 is 15.9 Å². The SMILES string of the molecule is CC1(C)C(Nc2ccc([N+](=O)[O-])cc2Br)[C@]2(C)CC[C@H]1C2. The molecule has 4 nitrogen and oxygen atoms in total. The Bertz CT molecular complexity index is 597. The lowest BCUT2D eigenvalue weighted by Crippen LogP contribution is -2.45. The fourth-order valence-corrected chi connectivity index (χ4v) is 5.03. The van der Waals surface area contributed by atoms with Gasteiger partial charge in [0.2, 0.25) is 0 Å². The Kier molecular flexibility index (Phi) is 3.32. The number of hydrogen-bond donors (Lipinski definition) is 1. The molecule has 2 bridgehead atoms. The first kappa shape index (κ1) is 14.8. The number of nitrogens with one attached hydrogen (secondary N) is 1. The van der Waals surface area contributed by atoms with E-state index in [4.69, 9.17) is 0 Å². The fraction of sp³-hybridized carbons (Fsp3) is 0.625. The molecule has 0 amide bonds. The number of nitro benzene ring substituents is 1. The number of nitrogens with zero attached hydrogens (tertiary/aromatic N) is 1. The van der Waals surface area contributed by atoms with Crippen LogP contribution in [0.4, 0.5) is 11.4 Å². The lowest BCUT2D eigenvalue weighted by Gasteiger charge is -2.43.